The molecule has 1 unspecified atom stereocenters. The third-order valence-electron chi connectivity index (χ3n) is 7.83. The Kier molecular flexibility index (Phi) is 7.42. The number of ether oxygens (including phenoxy) is 2. The molecule has 1 saturated carbocycles. The Morgan fingerprint density at radius 1 is 0.872 bits per heavy atom. The Morgan fingerprint density at radius 2 is 1.54 bits per heavy atom. The summed E-state index contributed by atoms with van der Waals surface area (Å²) in [5, 5.41) is 18.7. The van der Waals surface area contributed by atoms with Crippen molar-refractivity contribution in [2.75, 3.05) is 17.2 Å². The topological polar surface area (TPSA) is 120 Å². The number of benzene rings is 2. The predicted molar refractivity (Wildman–Crippen MR) is 145 cm³/mol. The molecule has 1 fully saturated rings. The fraction of sp³-hybridized carbons (Fsp3) is 0.483. The zero-order valence-electron chi connectivity index (χ0n) is 22.0. The van der Waals surface area contributed by atoms with Crippen LogP contribution in [0.5, 0.6) is 11.5 Å². The average molecular weight is 531 g/mol. The highest BCUT2D eigenvalue weighted by molar-refractivity contribution is 5.94. The second-order valence-electron chi connectivity index (χ2n) is 10.6. The van der Waals surface area contributed by atoms with Crippen molar-refractivity contribution < 1.29 is 19.1 Å². The number of amides is 2. The van der Waals surface area contributed by atoms with Crippen LogP contribution in [0.4, 0.5) is 11.4 Å². The highest BCUT2D eigenvalue weighted by Crippen LogP contribution is 2.34. The molecule has 0 spiro atoms. The molecule has 2 N–H and O–H groups in total. The third-order valence-corrected chi connectivity index (χ3v) is 7.83. The Bertz CT molecular complexity index is 1350. The number of carbonyl (C=O) groups is 2. The van der Waals surface area contributed by atoms with Crippen LogP contribution in [0.1, 0.15) is 86.9 Å². The van der Waals surface area contributed by atoms with E-state index in [9.17, 15) is 9.59 Å². The van der Waals surface area contributed by atoms with E-state index in [0.29, 0.717) is 38.3 Å². The van der Waals surface area contributed by atoms with Gasteiger partial charge in [0.15, 0.2) is 11.9 Å². The first-order valence-corrected chi connectivity index (χ1v) is 14.0. The minimum absolute atomic E-state index is 0.0457. The number of hydrogen-bond acceptors (Lipinski definition) is 7. The molecule has 1 aromatic heterocycles. The fourth-order valence-corrected chi connectivity index (χ4v) is 5.74. The van der Waals surface area contributed by atoms with Crippen molar-refractivity contribution in [1.82, 2.24) is 20.2 Å². The molecule has 2 aromatic carbocycles. The Balaban J connectivity index is 1.15. The van der Waals surface area contributed by atoms with E-state index in [1.807, 2.05) is 41.1 Å². The van der Waals surface area contributed by atoms with Crippen LogP contribution in [0, 0.1) is 0 Å². The predicted octanol–water partition coefficient (Wildman–Crippen LogP) is 4.93. The summed E-state index contributed by atoms with van der Waals surface area (Å²) >= 11 is 0. The molecule has 2 amide bonds. The number of rotatable bonds is 9. The molecule has 1 atom stereocenters. The summed E-state index contributed by atoms with van der Waals surface area (Å²) < 4.78 is 14.6. The number of tetrazole rings is 1. The molecule has 1 aliphatic carbocycles. The van der Waals surface area contributed by atoms with Crippen molar-refractivity contribution in [2.45, 2.75) is 82.8 Å². The van der Waals surface area contributed by atoms with Crippen molar-refractivity contribution in [2.24, 2.45) is 0 Å². The third kappa shape index (κ3) is 5.89. The van der Waals surface area contributed by atoms with Gasteiger partial charge in [-0.2, -0.15) is 0 Å². The van der Waals surface area contributed by atoms with E-state index < -0.39 is 0 Å². The maximum Gasteiger partial charge on any atom is 0.224 e. The molecule has 0 bridgehead atoms. The first-order chi connectivity index (χ1) is 19.1. The van der Waals surface area contributed by atoms with Crippen LogP contribution in [0.15, 0.2) is 36.4 Å². The standard InChI is InChI=1S/C29H34N6O4/c36-27-14-8-19-17-22(10-12-24(19)30-27)38-16-4-7-26(29-32-33-34-35(29)21-5-2-1-3-6-21)39-23-11-13-25-20(18-23)9-15-28(37)31-25/h10-13,17-18,21,26H,1-9,14-16H2,(H,30,36)(H,31,37). The van der Waals surface area contributed by atoms with Gasteiger partial charge in [-0.1, -0.05) is 19.3 Å². The average Bonchev–Trinajstić information content (AvgIpc) is 3.45. The van der Waals surface area contributed by atoms with Gasteiger partial charge in [0.1, 0.15) is 11.5 Å². The highest BCUT2D eigenvalue weighted by Gasteiger charge is 2.27. The van der Waals surface area contributed by atoms with Crippen molar-refractivity contribution in [3.63, 3.8) is 0 Å². The van der Waals surface area contributed by atoms with Crippen LogP contribution in [0.25, 0.3) is 0 Å². The number of aryl methyl sites for hydroxylation is 2. The molecule has 3 aromatic rings. The first-order valence-electron chi connectivity index (χ1n) is 14.0. The van der Waals surface area contributed by atoms with E-state index >= 15 is 0 Å². The van der Waals surface area contributed by atoms with Crippen molar-refractivity contribution in [3.8, 4) is 11.5 Å². The van der Waals surface area contributed by atoms with Crippen molar-refractivity contribution >= 4 is 23.2 Å². The summed E-state index contributed by atoms with van der Waals surface area (Å²) in [4.78, 5) is 23.4. The Morgan fingerprint density at radius 3 is 2.26 bits per heavy atom. The molecule has 0 saturated heterocycles. The number of nitrogens with zero attached hydrogens (tertiary/aromatic N) is 4. The molecule has 10 heteroatoms. The van der Waals surface area contributed by atoms with Gasteiger partial charge < -0.3 is 20.1 Å². The van der Waals surface area contributed by atoms with Gasteiger partial charge in [-0.15, -0.1) is 5.10 Å². The van der Waals surface area contributed by atoms with E-state index in [-0.39, 0.29) is 17.9 Å². The van der Waals surface area contributed by atoms with E-state index in [2.05, 4.69) is 26.2 Å². The number of aromatic nitrogens is 4. The van der Waals surface area contributed by atoms with Gasteiger partial charge in [0, 0.05) is 24.2 Å². The molecule has 2 aliphatic heterocycles. The van der Waals surface area contributed by atoms with Crippen LogP contribution in [0.2, 0.25) is 0 Å². The largest absolute Gasteiger partial charge is 0.494 e. The van der Waals surface area contributed by atoms with Gasteiger partial charge in [-0.25, -0.2) is 4.68 Å². The number of fused-ring (bicyclic) bond motifs is 2. The number of hydrogen-bond donors (Lipinski definition) is 2. The summed E-state index contributed by atoms with van der Waals surface area (Å²) in [6.07, 6.45) is 9.27. The lowest BCUT2D eigenvalue weighted by molar-refractivity contribution is -0.117. The minimum atomic E-state index is -0.333. The van der Waals surface area contributed by atoms with Crippen molar-refractivity contribution in [1.29, 1.82) is 0 Å². The maximum atomic E-state index is 11.8. The number of nitrogens with one attached hydrogen (secondary N) is 2. The van der Waals surface area contributed by atoms with Crippen molar-refractivity contribution in [3.05, 3.63) is 53.3 Å². The van der Waals surface area contributed by atoms with Gasteiger partial charge in [0.2, 0.25) is 11.8 Å². The van der Waals surface area contributed by atoms with Gasteiger partial charge >= 0.3 is 0 Å². The summed E-state index contributed by atoms with van der Waals surface area (Å²) in [6, 6.07) is 11.9. The highest BCUT2D eigenvalue weighted by atomic mass is 16.5. The summed E-state index contributed by atoms with van der Waals surface area (Å²) in [5.74, 6) is 2.39. The van der Waals surface area contributed by atoms with Crippen LogP contribution in [-0.2, 0) is 22.4 Å². The number of anilines is 2. The number of carbonyl (C=O) groups excluding carboxylic acids is 2. The van der Waals surface area contributed by atoms with E-state index in [1.54, 1.807) is 0 Å². The van der Waals surface area contributed by atoms with Crippen LogP contribution in [-0.4, -0.2) is 38.6 Å². The lowest BCUT2D eigenvalue weighted by Gasteiger charge is -2.26. The zero-order chi connectivity index (χ0) is 26.6. The molecule has 3 aliphatic rings. The quantitative estimate of drug-likeness (QED) is 0.377. The normalized spacial score (nSPS) is 17.9. The monoisotopic (exact) mass is 530 g/mol. The summed E-state index contributed by atoms with van der Waals surface area (Å²) in [6.45, 7) is 0.520. The fourth-order valence-electron chi connectivity index (χ4n) is 5.74. The Hall–Kier alpha value is -3.95. The van der Waals surface area contributed by atoms with Crippen LogP contribution >= 0.6 is 0 Å². The summed E-state index contributed by atoms with van der Waals surface area (Å²) in [5.41, 5.74) is 3.89. The SMILES string of the molecule is O=C1CCc2cc(OCCCC(Oc3ccc4c(c3)CCC(=O)N4)c3nnnn3C3CCCCC3)ccc2N1. The molecule has 10 nitrogen and oxygen atoms in total. The van der Waals surface area contributed by atoms with E-state index in [1.165, 1.54) is 19.3 Å². The van der Waals surface area contributed by atoms with E-state index in [4.69, 9.17) is 9.47 Å². The van der Waals surface area contributed by atoms with E-state index in [0.717, 1.165) is 65.5 Å². The first kappa shape index (κ1) is 25.3. The Labute approximate surface area is 227 Å². The second kappa shape index (κ2) is 11.4. The molecule has 39 heavy (non-hydrogen) atoms. The zero-order valence-corrected chi connectivity index (χ0v) is 22.0. The summed E-state index contributed by atoms with van der Waals surface area (Å²) in [7, 11) is 0. The second-order valence-corrected chi connectivity index (χ2v) is 10.6. The van der Waals surface area contributed by atoms with Crippen LogP contribution in [0.3, 0.4) is 0 Å². The molecule has 0 radical (unpaired) electrons. The smallest absolute Gasteiger partial charge is 0.224 e. The van der Waals surface area contributed by atoms with Gasteiger partial charge in [0.25, 0.3) is 0 Å². The molecule has 204 valence electrons. The van der Waals surface area contributed by atoms with Gasteiger partial charge in [0.05, 0.1) is 12.6 Å². The molecule has 3 heterocycles. The molecular weight excluding hydrogens is 496 g/mol. The van der Waals surface area contributed by atoms with Gasteiger partial charge in [-0.3, -0.25) is 9.59 Å². The molecular formula is C29H34N6O4. The minimum Gasteiger partial charge on any atom is -0.494 e. The maximum absolute atomic E-state index is 11.8. The lowest BCUT2D eigenvalue weighted by Crippen LogP contribution is -2.22. The molecule has 6 rings (SSSR count). The lowest BCUT2D eigenvalue weighted by atomic mass is 9.95. The van der Waals surface area contributed by atoms with Gasteiger partial charge in [-0.05, 0) is 96.5 Å². The van der Waals surface area contributed by atoms with Crippen LogP contribution < -0.4 is 20.1 Å².